The third-order valence-electron chi connectivity index (χ3n) is 2.77. The van der Waals surface area contributed by atoms with E-state index in [2.05, 4.69) is 20.8 Å². The van der Waals surface area contributed by atoms with Gasteiger partial charge in [-0.1, -0.05) is 24.6 Å². The predicted molar refractivity (Wildman–Crippen MR) is 70.4 cm³/mol. The smallest absolute Gasteiger partial charge is 0.168 e. The van der Waals surface area contributed by atoms with Crippen molar-refractivity contribution in [3.8, 4) is 0 Å². The fourth-order valence-corrected chi connectivity index (χ4v) is 2.05. The van der Waals surface area contributed by atoms with Crippen molar-refractivity contribution in [2.75, 3.05) is 6.54 Å². The van der Waals surface area contributed by atoms with Crippen molar-refractivity contribution in [1.82, 2.24) is 25.5 Å². The Kier molecular flexibility index (Phi) is 4.44. The van der Waals surface area contributed by atoms with Gasteiger partial charge < -0.3 is 5.32 Å². The zero-order chi connectivity index (χ0) is 13.8. The monoisotopic (exact) mass is 283 g/mol. The van der Waals surface area contributed by atoms with E-state index in [0.717, 1.165) is 17.9 Å². The minimum Gasteiger partial charge on any atom is -0.308 e. The molecule has 0 radical (unpaired) electrons. The van der Waals surface area contributed by atoms with Crippen LogP contribution < -0.4 is 5.32 Å². The Hall–Kier alpha value is -1.53. The number of hydrogen-bond acceptors (Lipinski definition) is 4. The normalized spacial score (nSPS) is 12.6. The van der Waals surface area contributed by atoms with Gasteiger partial charge in [-0.3, -0.25) is 0 Å². The molecule has 0 spiro atoms. The molecule has 0 saturated heterocycles. The van der Waals surface area contributed by atoms with Crippen molar-refractivity contribution < 1.29 is 4.39 Å². The van der Waals surface area contributed by atoms with E-state index in [-0.39, 0.29) is 11.1 Å². The van der Waals surface area contributed by atoms with Crippen molar-refractivity contribution >= 4 is 11.6 Å². The highest BCUT2D eigenvalue weighted by molar-refractivity contribution is 6.30. The van der Waals surface area contributed by atoms with Gasteiger partial charge in [-0.05, 0) is 41.6 Å². The number of nitrogens with one attached hydrogen (secondary N) is 1. The first-order valence-electron chi connectivity index (χ1n) is 6.05. The molecule has 1 heterocycles. The molecule has 2 rings (SSSR count). The molecular formula is C12H15ClFN5. The number of benzene rings is 1. The average molecular weight is 284 g/mol. The van der Waals surface area contributed by atoms with Crippen LogP contribution in [0.1, 0.15) is 31.3 Å². The zero-order valence-corrected chi connectivity index (χ0v) is 11.5. The van der Waals surface area contributed by atoms with E-state index in [1.807, 2.05) is 13.8 Å². The molecule has 0 saturated carbocycles. The van der Waals surface area contributed by atoms with Crippen LogP contribution in [0.5, 0.6) is 0 Å². The van der Waals surface area contributed by atoms with Gasteiger partial charge in [0.1, 0.15) is 5.82 Å². The molecule has 0 amide bonds. The van der Waals surface area contributed by atoms with Crippen LogP contribution in [0.4, 0.5) is 4.39 Å². The molecule has 0 aliphatic rings. The molecule has 0 fully saturated rings. The van der Waals surface area contributed by atoms with E-state index < -0.39 is 5.82 Å². The van der Waals surface area contributed by atoms with Crippen LogP contribution in [0, 0.1) is 5.82 Å². The highest BCUT2D eigenvalue weighted by Crippen LogP contribution is 2.17. The molecule has 19 heavy (non-hydrogen) atoms. The summed E-state index contributed by atoms with van der Waals surface area (Å²) in [5.41, 5.74) is 0.851. The second-order valence-corrected chi connectivity index (χ2v) is 4.63. The molecule has 2 aromatic rings. The summed E-state index contributed by atoms with van der Waals surface area (Å²) in [6.07, 6.45) is 0. The van der Waals surface area contributed by atoms with Gasteiger partial charge in [-0.2, -0.15) is 0 Å². The predicted octanol–water partition coefficient (Wildman–Crippen LogP) is 2.18. The maximum Gasteiger partial charge on any atom is 0.168 e. The van der Waals surface area contributed by atoms with Gasteiger partial charge in [0.05, 0.1) is 17.6 Å². The van der Waals surface area contributed by atoms with E-state index in [0.29, 0.717) is 6.54 Å². The van der Waals surface area contributed by atoms with Crippen LogP contribution >= 0.6 is 11.6 Å². The SMILES string of the molecule is CCNC(C)c1nnnn1Cc1ccc(F)c(Cl)c1. The molecule has 1 unspecified atom stereocenters. The van der Waals surface area contributed by atoms with Crippen molar-refractivity contribution in [2.24, 2.45) is 0 Å². The van der Waals surface area contributed by atoms with Crippen LogP contribution in [0.2, 0.25) is 5.02 Å². The van der Waals surface area contributed by atoms with E-state index >= 15 is 0 Å². The first kappa shape index (κ1) is 13.9. The minimum atomic E-state index is -0.427. The van der Waals surface area contributed by atoms with Gasteiger partial charge in [0.2, 0.25) is 0 Å². The number of nitrogens with zero attached hydrogens (tertiary/aromatic N) is 4. The molecule has 102 valence electrons. The Labute approximate surface area is 115 Å². The van der Waals surface area contributed by atoms with Crippen molar-refractivity contribution in [1.29, 1.82) is 0 Å². The lowest BCUT2D eigenvalue weighted by molar-refractivity contribution is 0.516. The summed E-state index contributed by atoms with van der Waals surface area (Å²) < 4.78 is 14.8. The second kappa shape index (κ2) is 6.08. The Bertz CT molecular complexity index is 557. The van der Waals surface area contributed by atoms with Crippen LogP contribution in [0.15, 0.2) is 18.2 Å². The number of hydrogen-bond donors (Lipinski definition) is 1. The van der Waals surface area contributed by atoms with Gasteiger partial charge in [0, 0.05) is 0 Å². The quantitative estimate of drug-likeness (QED) is 0.914. The molecule has 1 aromatic carbocycles. The van der Waals surface area contributed by atoms with E-state index in [1.54, 1.807) is 16.8 Å². The summed E-state index contributed by atoms with van der Waals surface area (Å²) in [6.45, 7) is 5.29. The van der Waals surface area contributed by atoms with Gasteiger partial charge >= 0.3 is 0 Å². The summed E-state index contributed by atoms with van der Waals surface area (Å²) in [5.74, 6) is 0.311. The van der Waals surface area contributed by atoms with E-state index in [4.69, 9.17) is 11.6 Å². The highest BCUT2D eigenvalue weighted by Gasteiger charge is 2.14. The maximum absolute atomic E-state index is 13.1. The fourth-order valence-electron chi connectivity index (χ4n) is 1.84. The molecular weight excluding hydrogens is 269 g/mol. The highest BCUT2D eigenvalue weighted by atomic mass is 35.5. The van der Waals surface area contributed by atoms with Gasteiger partial charge in [-0.25, -0.2) is 9.07 Å². The van der Waals surface area contributed by atoms with Crippen molar-refractivity contribution in [3.63, 3.8) is 0 Å². The van der Waals surface area contributed by atoms with Crippen LogP contribution in [-0.4, -0.2) is 26.8 Å². The van der Waals surface area contributed by atoms with Crippen LogP contribution in [-0.2, 0) is 6.54 Å². The number of halogens is 2. The third kappa shape index (κ3) is 3.27. The zero-order valence-electron chi connectivity index (χ0n) is 10.8. The lowest BCUT2D eigenvalue weighted by Crippen LogP contribution is -2.22. The molecule has 7 heteroatoms. The fraction of sp³-hybridized carbons (Fsp3) is 0.417. The number of tetrazole rings is 1. The second-order valence-electron chi connectivity index (χ2n) is 4.22. The largest absolute Gasteiger partial charge is 0.308 e. The number of rotatable bonds is 5. The summed E-state index contributed by atoms with van der Waals surface area (Å²) in [4.78, 5) is 0. The first-order valence-corrected chi connectivity index (χ1v) is 6.43. The summed E-state index contributed by atoms with van der Waals surface area (Å²) in [6, 6.07) is 4.65. The minimum absolute atomic E-state index is 0.0518. The van der Waals surface area contributed by atoms with Gasteiger partial charge in [0.25, 0.3) is 0 Å². The average Bonchev–Trinajstić information content (AvgIpc) is 2.82. The summed E-state index contributed by atoms with van der Waals surface area (Å²) >= 11 is 5.76. The maximum atomic E-state index is 13.1. The van der Waals surface area contributed by atoms with Crippen molar-refractivity contribution in [3.05, 3.63) is 40.4 Å². The van der Waals surface area contributed by atoms with E-state index in [1.165, 1.54) is 6.07 Å². The molecule has 0 aliphatic heterocycles. The van der Waals surface area contributed by atoms with Gasteiger partial charge in [-0.15, -0.1) is 5.10 Å². The summed E-state index contributed by atoms with van der Waals surface area (Å²) in [5, 5.41) is 15.0. The van der Waals surface area contributed by atoms with Crippen LogP contribution in [0.3, 0.4) is 0 Å². The van der Waals surface area contributed by atoms with Crippen molar-refractivity contribution in [2.45, 2.75) is 26.4 Å². The molecule has 1 aromatic heterocycles. The third-order valence-corrected chi connectivity index (χ3v) is 3.06. The Balaban J connectivity index is 2.19. The molecule has 5 nitrogen and oxygen atoms in total. The first-order chi connectivity index (χ1) is 9.11. The molecule has 0 bridgehead atoms. The molecule has 0 aliphatic carbocycles. The summed E-state index contributed by atoms with van der Waals surface area (Å²) in [7, 11) is 0. The van der Waals surface area contributed by atoms with E-state index in [9.17, 15) is 4.39 Å². The Morgan fingerprint density at radius 2 is 2.26 bits per heavy atom. The lowest BCUT2D eigenvalue weighted by Gasteiger charge is -2.12. The van der Waals surface area contributed by atoms with Crippen LogP contribution in [0.25, 0.3) is 0 Å². The molecule has 1 atom stereocenters. The number of aromatic nitrogens is 4. The Morgan fingerprint density at radius 3 is 2.95 bits per heavy atom. The lowest BCUT2D eigenvalue weighted by atomic mass is 10.2. The Morgan fingerprint density at radius 1 is 1.47 bits per heavy atom. The molecule has 1 N–H and O–H groups in total. The topological polar surface area (TPSA) is 55.6 Å². The standard InChI is InChI=1S/C12H15ClFN5/c1-3-15-8(2)12-16-17-18-19(12)7-9-4-5-11(14)10(13)6-9/h4-6,8,15H,3,7H2,1-2H3. The van der Waals surface area contributed by atoms with Gasteiger partial charge in [0.15, 0.2) is 5.82 Å².